The first-order valence-electron chi connectivity index (χ1n) is 7.32. The number of carbonyl (C=O) groups excluding carboxylic acids is 1. The van der Waals surface area contributed by atoms with Gasteiger partial charge in [0.05, 0.1) is 11.3 Å². The highest BCUT2D eigenvalue weighted by Crippen LogP contribution is 2.43. The van der Waals surface area contributed by atoms with E-state index in [9.17, 15) is 4.79 Å². The Morgan fingerprint density at radius 1 is 1.10 bits per heavy atom. The number of allylic oxidation sites excluding steroid dienone is 1. The third kappa shape index (κ3) is 2.11. The average Bonchev–Trinajstić information content (AvgIpc) is 2.52. The number of fused-ring (bicyclic) bond motifs is 1. The molecule has 1 aliphatic carbocycles. The summed E-state index contributed by atoms with van der Waals surface area (Å²) >= 11 is 0. The van der Waals surface area contributed by atoms with Crippen molar-refractivity contribution in [2.45, 2.75) is 52.0 Å². The van der Waals surface area contributed by atoms with Gasteiger partial charge in [0.15, 0.2) is 5.75 Å². The number of nitrogens with zero attached hydrogens (tertiary/aromatic N) is 1. The summed E-state index contributed by atoms with van der Waals surface area (Å²) in [6.07, 6.45) is 3.99. The minimum absolute atomic E-state index is 0.0813. The molecule has 3 nitrogen and oxygen atoms in total. The maximum atomic E-state index is 12.4. The summed E-state index contributed by atoms with van der Waals surface area (Å²) in [6.45, 7) is 6.54. The minimum atomic E-state index is -0.168. The summed E-state index contributed by atoms with van der Waals surface area (Å²) in [4.78, 5) is 14.7. The number of hydrogen-bond donors (Lipinski definition) is 0. The van der Waals surface area contributed by atoms with Crippen molar-refractivity contribution in [3.63, 3.8) is 0 Å². The van der Waals surface area contributed by atoms with Crippen LogP contribution in [0, 0.1) is 0 Å². The lowest BCUT2D eigenvalue weighted by atomic mass is 9.92. The maximum Gasteiger partial charge on any atom is 0.341 e. The van der Waals surface area contributed by atoms with E-state index < -0.39 is 0 Å². The Bertz CT molecular complexity index is 581. The molecule has 0 amide bonds. The number of hydrogen-bond acceptors (Lipinski definition) is 3. The Hall–Kier alpha value is -1.77. The molecule has 0 aromatic heterocycles. The smallest absolute Gasteiger partial charge is 0.341 e. The van der Waals surface area contributed by atoms with Crippen LogP contribution in [0.3, 0.4) is 0 Å². The van der Waals surface area contributed by atoms with E-state index in [1.54, 1.807) is 0 Å². The average molecular weight is 271 g/mol. The van der Waals surface area contributed by atoms with Gasteiger partial charge in [-0.2, -0.15) is 0 Å². The molecule has 0 saturated heterocycles. The molecule has 0 unspecified atom stereocenters. The van der Waals surface area contributed by atoms with Crippen LogP contribution in [0.25, 0.3) is 0 Å². The van der Waals surface area contributed by atoms with Crippen LogP contribution in [0.2, 0.25) is 0 Å². The van der Waals surface area contributed by atoms with Crippen molar-refractivity contribution in [3.8, 4) is 5.75 Å². The van der Waals surface area contributed by atoms with E-state index in [2.05, 4.69) is 25.7 Å². The second kappa shape index (κ2) is 4.65. The molecule has 1 aromatic carbocycles. The summed E-state index contributed by atoms with van der Waals surface area (Å²) in [7, 11) is 0. The van der Waals surface area contributed by atoms with Crippen molar-refractivity contribution in [2.24, 2.45) is 0 Å². The third-order valence-electron chi connectivity index (χ3n) is 3.93. The van der Waals surface area contributed by atoms with Crippen LogP contribution in [0.5, 0.6) is 5.75 Å². The molecule has 0 saturated carbocycles. The van der Waals surface area contributed by atoms with E-state index in [1.807, 2.05) is 24.3 Å². The third-order valence-corrected chi connectivity index (χ3v) is 3.93. The number of benzene rings is 1. The van der Waals surface area contributed by atoms with Gasteiger partial charge in [0, 0.05) is 11.2 Å². The fraction of sp³-hybridized carbons (Fsp3) is 0.471. The highest BCUT2D eigenvalue weighted by atomic mass is 16.5. The molecular formula is C17H21NO2. The SMILES string of the molecule is CC(C)(C)N1C2=C(CCCC2)C(=O)Oc2ccccc21. The summed E-state index contributed by atoms with van der Waals surface area (Å²) < 4.78 is 5.61. The van der Waals surface area contributed by atoms with Crippen molar-refractivity contribution in [3.05, 3.63) is 35.5 Å². The number of rotatable bonds is 0. The van der Waals surface area contributed by atoms with Crippen molar-refractivity contribution < 1.29 is 9.53 Å². The maximum absolute atomic E-state index is 12.4. The predicted octanol–water partition coefficient (Wildman–Crippen LogP) is 4.04. The molecule has 1 heterocycles. The van der Waals surface area contributed by atoms with E-state index in [0.29, 0.717) is 5.75 Å². The Labute approximate surface area is 120 Å². The lowest BCUT2D eigenvalue weighted by Gasteiger charge is -2.40. The van der Waals surface area contributed by atoms with E-state index in [-0.39, 0.29) is 11.5 Å². The van der Waals surface area contributed by atoms with Gasteiger partial charge in [-0.25, -0.2) is 4.79 Å². The molecule has 106 valence electrons. The molecule has 3 heteroatoms. The molecule has 0 atom stereocenters. The quantitative estimate of drug-likeness (QED) is 0.527. The van der Waals surface area contributed by atoms with Crippen LogP contribution in [0.4, 0.5) is 5.69 Å². The van der Waals surface area contributed by atoms with E-state index in [0.717, 1.165) is 42.6 Å². The molecular weight excluding hydrogens is 250 g/mol. The first kappa shape index (κ1) is 13.2. The van der Waals surface area contributed by atoms with Gasteiger partial charge in [0.1, 0.15) is 0 Å². The van der Waals surface area contributed by atoms with E-state index in [1.165, 1.54) is 0 Å². The number of carbonyl (C=O) groups is 1. The zero-order chi connectivity index (χ0) is 14.3. The van der Waals surface area contributed by atoms with Crippen LogP contribution < -0.4 is 9.64 Å². The molecule has 2 aliphatic rings. The fourth-order valence-corrected chi connectivity index (χ4v) is 3.16. The van der Waals surface area contributed by atoms with Gasteiger partial charge in [0.2, 0.25) is 0 Å². The molecule has 0 N–H and O–H groups in total. The Morgan fingerprint density at radius 3 is 2.55 bits per heavy atom. The second-order valence-corrected chi connectivity index (χ2v) is 6.50. The van der Waals surface area contributed by atoms with Crippen LogP contribution >= 0.6 is 0 Å². The summed E-state index contributed by atoms with van der Waals surface area (Å²) in [5.74, 6) is 0.501. The topological polar surface area (TPSA) is 29.5 Å². The molecule has 1 aromatic rings. The Kier molecular flexibility index (Phi) is 3.08. The lowest BCUT2D eigenvalue weighted by molar-refractivity contribution is -0.130. The number of para-hydroxylation sites is 2. The van der Waals surface area contributed by atoms with Gasteiger partial charge in [-0.15, -0.1) is 0 Å². The van der Waals surface area contributed by atoms with Crippen LogP contribution in [-0.2, 0) is 4.79 Å². The van der Waals surface area contributed by atoms with Crippen LogP contribution in [0.1, 0.15) is 46.5 Å². The molecule has 0 fully saturated rings. The summed E-state index contributed by atoms with van der Waals surface area (Å²) in [5, 5.41) is 0. The first-order chi connectivity index (χ1) is 9.48. The first-order valence-corrected chi connectivity index (χ1v) is 7.32. The largest absolute Gasteiger partial charge is 0.421 e. The van der Waals surface area contributed by atoms with Gasteiger partial charge < -0.3 is 9.64 Å². The molecule has 1 aliphatic heterocycles. The Morgan fingerprint density at radius 2 is 1.80 bits per heavy atom. The van der Waals surface area contributed by atoms with E-state index in [4.69, 9.17) is 4.74 Å². The van der Waals surface area contributed by atoms with E-state index >= 15 is 0 Å². The number of ether oxygens (including phenoxy) is 1. The van der Waals surface area contributed by atoms with Crippen molar-refractivity contribution >= 4 is 11.7 Å². The number of esters is 1. The number of anilines is 1. The van der Waals surface area contributed by atoms with Crippen molar-refractivity contribution in [1.82, 2.24) is 0 Å². The zero-order valence-corrected chi connectivity index (χ0v) is 12.4. The summed E-state index contributed by atoms with van der Waals surface area (Å²) in [5.41, 5.74) is 2.93. The van der Waals surface area contributed by atoms with Gasteiger partial charge in [-0.1, -0.05) is 12.1 Å². The molecule has 3 rings (SSSR count). The van der Waals surface area contributed by atoms with Crippen LogP contribution in [0.15, 0.2) is 35.5 Å². The minimum Gasteiger partial charge on any atom is -0.421 e. The van der Waals surface area contributed by atoms with Crippen molar-refractivity contribution in [2.75, 3.05) is 4.90 Å². The highest BCUT2D eigenvalue weighted by Gasteiger charge is 2.35. The van der Waals surface area contributed by atoms with Crippen molar-refractivity contribution in [1.29, 1.82) is 0 Å². The molecule has 20 heavy (non-hydrogen) atoms. The molecule has 0 radical (unpaired) electrons. The van der Waals surface area contributed by atoms with Gasteiger partial charge >= 0.3 is 5.97 Å². The van der Waals surface area contributed by atoms with Crippen LogP contribution in [-0.4, -0.2) is 11.5 Å². The Balaban J connectivity index is 2.23. The monoisotopic (exact) mass is 271 g/mol. The second-order valence-electron chi connectivity index (χ2n) is 6.50. The van der Waals surface area contributed by atoms with Gasteiger partial charge in [0.25, 0.3) is 0 Å². The van der Waals surface area contributed by atoms with Gasteiger partial charge in [-0.3, -0.25) is 0 Å². The standard InChI is InChI=1S/C17H21NO2/c1-17(2,3)18-13-9-5-4-8-12(13)16(19)20-15-11-7-6-10-14(15)18/h6-7,10-11H,4-5,8-9H2,1-3H3. The molecule has 0 bridgehead atoms. The molecule has 0 spiro atoms. The van der Waals surface area contributed by atoms with Gasteiger partial charge in [-0.05, 0) is 58.6 Å². The fourth-order valence-electron chi connectivity index (χ4n) is 3.16. The zero-order valence-electron chi connectivity index (χ0n) is 12.4. The predicted molar refractivity (Wildman–Crippen MR) is 79.8 cm³/mol. The normalized spacial score (nSPS) is 19.1. The lowest BCUT2D eigenvalue weighted by Crippen LogP contribution is -2.41. The highest BCUT2D eigenvalue weighted by molar-refractivity contribution is 5.94. The summed E-state index contributed by atoms with van der Waals surface area (Å²) in [6, 6.07) is 7.83.